The van der Waals surface area contributed by atoms with Gasteiger partial charge in [0.2, 0.25) is 0 Å². The molecule has 0 radical (unpaired) electrons. The first-order valence-corrected chi connectivity index (χ1v) is 8.17. The number of nitrogens with two attached hydrogens (primary N) is 1. The first-order valence-electron chi connectivity index (χ1n) is 7.36. The highest BCUT2D eigenvalue weighted by molar-refractivity contribution is 7.18. The maximum absolute atomic E-state index is 12.3. The Morgan fingerprint density at radius 1 is 1.57 bits per heavy atom. The average Bonchev–Trinajstić information content (AvgIpc) is 3.05. The van der Waals surface area contributed by atoms with Crippen molar-refractivity contribution in [1.29, 1.82) is 0 Å². The fourth-order valence-electron chi connectivity index (χ4n) is 2.61. The maximum Gasteiger partial charge on any atom is 0.265 e. The number of thiazole rings is 1. The fraction of sp³-hybridized carbons (Fsp3) is 0.714. The van der Waals surface area contributed by atoms with Crippen molar-refractivity contribution in [3.8, 4) is 0 Å². The van der Waals surface area contributed by atoms with Gasteiger partial charge in [-0.1, -0.05) is 18.3 Å². The number of nitrogen functional groups attached to an aromatic ring is 1. The van der Waals surface area contributed by atoms with E-state index >= 15 is 0 Å². The third-order valence-electron chi connectivity index (χ3n) is 3.79. The minimum atomic E-state index is -0.122. The zero-order chi connectivity index (χ0) is 15.4. The van der Waals surface area contributed by atoms with Crippen LogP contribution in [0.1, 0.15) is 42.3 Å². The SMILES string of the molecule is CCCN(C)c1nc(N)c(C(=O)NC2CCC(OC)C2)s1. The van der Waals surface area contributed by atoms with Gasteiger partial charge >= 0.3 is 0 Å². The van der Waals surface area contributed by atoms with Gasteiger partial charge in [-0.3, -0.25) is 4.79 Å². The average molecular weight is 312 g/mol. The standard InChI is InChI=1S/C14H24N4O2S/c1-4-7-18(2)14-17-12(15)11(21-14)13(19)16-9-5-6-10(8-9)20-3/h9-10H,4-8,15H2,1-3H3,(H,16,19). The Morgan fingerprint density at radius 2 is 2.33 bits per heavy atom. The summed E-state index contributed by atoms with van der Waals surface area (Å²) in [6, 6.07) is 0.167. The molecule has 0 aromatic carbocycles. The van der Waals surface area contributed by atoms with Gasteiger partial charge in [0.05, 0.1) is 6.10 Å². The van der Waals surface area contributed by atoms with Crippen LogP contribution in [0.4, 0.5) is 10.9 Å². The number of ether oxygens (including phenoxy) is 1. The van der Waals surface area contributed by atoms with Crippen LogP contribution in [0.5, 0.6) is 0 Å². The number of hydrogen-bond donors (Lipinski definition) is 2. The van der Waals surface area contributed by atoms with Crippen LogP contribution in [0.2, 0.25) is 0 Å². The number of hydrogen-bond acceptors (Lipinski definition) is 6. The second-order valence-corrected chi connectivity index (χ2v) is 6.45. The lowest BCUT2D eigenvalue weighted by Gasteiger charge is -2.13. The number of nitrogens with one attached hydrogen (secondary N) is 1. The van der Waals surface area contributed by atoms with E-state index in [1.54, 1.807) is 7.11 Å². The van der Waals surface area contributed by atoms with Gasteiger partial charge in [-0.15, -0.1) is 0 Å². The molecular weight excluding hydrogens is 288 g/mol. The topological polar surface area (TPSA) is 80.5 Å². The first-order chi connectivity index (χ1) is 10.0. The highest BCUT2D eigenvalue weighted by atomic mass is 32.1. The predicted molar refractivity (Wildman–Crippen MR) is 86.0 cm³/mol. The quantitative estimate of drug-likeness (QED) is 0.838. The third kappa shape index (κ3) is 3.85. The number of aromatic nitrogens is 1. The molecule has 1 heterocycles. The van der Waals surface area contributed by atoms with Crippen LogP contribution in [-0.4, -0.2) is 43.7 Å². The summed E-state index contributed by atoms with van der Waals surface area (Å²) in [6.07, 6.45) is 4.08. The van der Waals surface area contributed by atoms with Gasteiger partial charge in [0.25, 0.3) is 5.91 Å². The molecule has 2 unspecified atom stereocenters. The van der Waals surface area contributed by atoms with E-state index in [2.05, 4.69) is 17.2 Å². The molecule has 118 valence electrons. The number of methoxy groups -OCH3 is 1. The number of carbonyl (C=O) groups excluding carboxylic acids is 1. The molecule has 1 aromatic heterocycles. The molecular formula is C14H24N4O2S. The summed E-state index contributed by atoms with van der Waals surface area (Å²) in [5.41, 5.74) is 5.89. The summed E-state index contributed by atoms with van der Waals surface area (Å²) in [5, 5.41) is 3.83. The molecule has 6 nitrogen and oxygen atoms in total. The molecule has 0 bridgehead atoms. The van der Waals surface area contributed by atoms with Crippen LogP contribution < -0.4 is 16.0 Å². The van der Waals surface area contributed by atoms with Gasteiger partial charge in [-0.2, -0.15) is 0 Å². The molecule has 7 heteroatoms. The van der Waals surface area contributed by atoms with E-state index in [9.17, 15) is 4.79 Å². The summed E-state index contributed by atoms with van der Waals surface area (Å²) < 4.78 is 5.32. The van der Waals surface area contributed by atoms with Crippen LogP contribution in [0.25, 0.3) is 0 Å². The van der Waals surface area contributed by atoms with E-state index in [0.717, 1.165) is 37.4 Å². The first kappa shape index (κ1) is 16.0. The molecule has 1 fully saturated rings. The lowest BCUT2D eigenvalue weighted by molar-refractivity contribution is 0.0919. The Morgan fingerprint density at radius 3 is 2.95 bits per heavy atom. The van der Waals surface area contributed by atoms with E-state index < -0.39 is 0 Å². The summed E-state index contributed by atoms with van der Waals surface area (Å²) in [4.78, 5) is 19.2. The number of anilines is 2. The fourth-order valence-corrected chi connectivity index (χ4v) is 3.49. The minimum Gasteiger partial charge on any atom is -0.382 e. The molecule has 2 atom stereocenters. The lowest BCUT2D eigenvalue weighted by atomic mass is 10.2. The highest BCUT2D eigenvalue weighted by Crippen LogP contribution is 2.28. The zero-order valence-electron chi connectivity index (χ0n) is 12.9. The van der Waals surface area contributed by atoms with Crippen molar-refractivity contribution >= 4 is 28.2 Å². The van der Waals surface area contributed by atoms with Gasteiger partial charge in [0, 0.05) is 26.7 Å². The molecule has 1 aliphatic carbocycles. The number of amides is 1. The summed E-state index contributed by atoms with van der Waals surface area (Å²) >= 11 is 1.35. The molecule has 1 aromatic rings. The maximum atomic E-state index is 12.3. The summed E-state index contributed by atoms with van der Waals surface area (Å²) in [6.45, 7) is 3.00. The Balaban J connectivity index is 1.99. The van der Waals surface area contributed by atoms with Crippen molar-refractivity contribution in [2.24, 2.45) is 0 Å². The molecule has 0 aliphatic heterocycles. The number of nitrogens with zero attached hydrogens (tertiary/aromatic N) is 2. The van der Waals surface area contributed by atoms with E-state index in [4.69, 9.17) is 10.5 Å². The van der Waals surface area contributed by atoms with Gasteiger partial charge < -0.3 is 20.7 Å². The zero-order valence-corrected chi connectivity index (χ0v) is 13.7. The highest BCUT2D eigenvalue weighted by Gasteiger charge is 2.27. The van der Waals surface area contributed by atoms with Crippen LogP contribution >= 0.6 is 11.3 Å². The molecule has 3 N–H and O–H groups in total. The molecule has 1 saturated carbocycles. The van der Waals surface area contributed by atoms with Crippen LogP contribution in [0, 0.1) is 0 Å². The van der Waals surface area contributed by atoms with Gasteiger partial charge in [0.15, 0.2) is 5.13 Å². The van der Waals surface area contributed by atoms with Gasteiger partial charge in [-0.05, 0) is 25.7 Å². The van der Waals surface area contributed by atoms with Crippen molar-refractivity contribution in [1.82, 2.24) is 10.3 Å². The number of carbonyl (C=O) groups is 1. The second-order valence-electron chi connectivity index (χ2n) is 5.47. The van der Waals surface area contributed by atoms with E-state index in [0.29, 0.717) is 10.7 Å². The molecule has 0 spiro atoms. The molecule has 1 amide bonds. The van der Waals surface area contributed by atoms with Crippen LogP contribution in [-0.2, 0) is 4.74 Å². The van der Waals surface area contributed by atoms with Crippen molar-refractivity contribution in [2.75, 3.05) is 31.3 Å². The Labute approximate surface area is 129 Å². The Hall–Kier alpha value is -1.34. The third-order valence-corrected chi connectivity index (χ3v) is 4.97. The van der Waals surface area contributed by atoms with E-state index in [1.165, 1.54) is 11.3 Å². The summed E-state index contributed by atoms with van der Waals surface area (Å²) in [5.74, 6) is 0.194. The normalized spacial score (nSPS) is 21.5. The molecule has 1 aliphatic rings. The lowest BCUT2D eigenvalue weighted by Crippen LogP contribution is -2.33. The molecule has 21 heavy (non-hydrogen) atoms. The molecule has 0 saturated heterocycles. The number of rotatable bonds is 6. The molecule has 2 rings (SSSR count). The van der Waals surface area contributed by atoms with Crippen molar-refractivity contribution in [3.63, 3.8) is 0 Å². The van der Waals surface area contributed by atoms with Crippen molar-refractivity contribution in [3.05, 3.63) is 4.88 Å². The van der Waals surface area contributed by atoms with E-state index in [1.807, 2.05) is 11.9 Å². The smallest absolute Gasteiger partial charge is 0.265 e. The van der Waals surface area contributed by atoms with Gasteiger partial charge in [-0.25, -0.2) is 4.98 Å². The second kappa shape index (κ2) is 7.09. The van der Waals surface area contributed by atoms with Crippen LogP contribution in [0.15, 0.2) is 0 Å². The van der Waals surface area contributed by atoms with Crippen LogP contribution in [0.3, 0.4) is 0 Å². The van der Waals surface area contributed by atoms with E-state index in [-0.39, 0.29) is 18.1 Å². The van der Waals surface area contributed by atoms with Crippen molar-refractivity contribution < 1.29 is 9.53 Å². The minimum absolute atomic E-state index is 0.122. The Bertz CT molecular complexity index is 491. The van der Waals surface area contributed by atoms with Crippen molar-refractivity contribution in [2.45, 2.75) is 44.8 Å². The van der Waals surface area contributed by atoms with Gasteiger partial charge in [0.1, 0.15) is 10.7 Å². The monoisotopic (exact) mass is 312 g/mol. The largest absolute Gasteiger partial charge is 0.382 e. The predicted octanol–water partition coefficient (Wildman–Crippen LogP) is 1.87. The summed E-state index contributed by atoms with van der Waals surface area (Å²) in [7, 11) is 3.68. The Kier molecular flexibility index (Phi) is 5.41.